The molecule has 2 aliphatic rings. The minimum Gasteiger partial charge on any atom is -0.493 e. The molecule has 4 rings (SSSR count). The van der Waals surface area contributed by atoms with E-state index in [1.54, 1.807) is 20.3 Å². The predicted molar refractivity (Wildman–Crippen MR) is 125 cm³/mol. The second-order valence-electron chi connectivity index (χ2n) is 7.91. The van der Waals surface area contributed by atoms with Crippen molar-refractivity contribution in [2.24, 2.45) is 0 Å². The van der Waals surface area contributed by atoms with Crippen LogP contribution >= 0.6 is 0 Å². The number of nitrogens with zero attached hydrogens (tertiary/aromatic N) is 1. The highest BCUT2D eigenvalue weighted by atomic mass is 16.5. The van der Waals surface area contributed by atoms with Gasteiger partial charge in [0.15, 0.2) is 11.5 Å². The van der Waals surface area contributed by atoms with Crippen LogP contribution in [-0.4, -0.2) is 44.2 Å². The summed E-state index contributed by atoms with van der Waals surface area (Å²) >= 11 is 0. The number of benzene rings is 2. The van der Waals surface area contributed by atoms with Gasteiger partial charge in [-0.05, 0) is 43.2 Å². The standard InChI is InChI=1S/C25H29N3O3/c1-17(26-19-9-7-18(8-10-19)16-28-11-5-4-6-12-28)13-21-20-14-23(30-2)24(31-3)15-22(20)27-25(21)29/h4-5,7-10,13-15,17,26H,6,11-12,16H2,1-3H3,(H,27,29). The summed E-state index contributed by atoms with van der Waals surface area (Å²) in [7, 11) is 3.17. The van der Waals surface area contributed by atoms with E-state index in [0.29, 0.717) is 17.1 Å². The molecule has 1 amide bonds. The van der Waals surface area contributed by atoms with E-state index in [1.165, 1.54) is 5.56 Å². The maximum absolute atomic E-state index is 12.6. The Hall–Kier alpha value is -3.25. The Morgan fingerprint density at radius 2 is 1.87 bits per heavy atom. The van der Waals surface area contributed by atoms with Gasteiger partial charge in [-0.1, -0.05) is 24.3 Å². The smallest absolute Gasteiger partial charge is 0.256 e. The lowest BCUT2D eigenvalue weighted by Crippen LogP contribution is -2.26. The molecular formula is C25H29N3O3. The molecule has 2 N–H and O–H groups in total. The van der Waals surface area contributed by atoms with E-state index in [0.717, 1.165) is 43.0 Å². The summed E-state index contributed by atoms with van der Waals surface area (Å²) in [5.41, 5.74) is 4.51. The fourth-order valence-corrected chi connectivity index (χ4v) is 4.04. The van der Waals surface area contributed by atoms with E-state index in [2.05, 4.69) is 52.0 Å². The minimum atomic E-state index is -0.120. The van der Waals surface area contributed by atoms with Crippen molar-refractivity contribution in [2.45, 2.75) is 25.9 Å². The van der Waals surface area contributed by atoms with E-state index < -0.39 is 0 Å². The Balaban J connectivity index is 1.45. The molecule has 2 heterocycles. The molecule has 0 radical (unpaired) electrons. The fourth-order valence-electron chi connectivity index (χ4n) is 4.04. The normalized spacial score (nSPS) is 17.9. The number of carbonyl (C=O) groups excluding carboxylic acids is 1. The molecule has 0 spiro atoms. The van der Waals surface area contributed by atoms with Crippen LogP contribution < -0.4 is 20.1 Å². The van der Waals surface area contributed by atoms with Crippen molar-refractivity contribution >= 4 is 22.9 Å². The van der Waals surface area contributed by atoms with Crippen LogP contribution in [0.15, 0.2) is 54.6 Å². The van der Waals surface area contributed by atoms with Crippen LogP contribution in [0.2, 0.25) is 0 Å². The molecule has 0 fully saturated rings. The molecule has 2 aromatic carbocycles. The van der Waals surface area contributed by atoms with Gasteiger partial charge in [-0.2, -0.15) is 0 Å². The minimum absolute atomic E-state index is 0.0297. The summed E-state index contributed by atoms with van der Waals surface area (Å²) < 4.78 is 10.7. The zero-order valence-corrected chi connectivity index (χ0v) is 18.3. The Bertz CT molecular complexity index is 1010. The lowest BCUT2D eigenvalue weighted by Gasteiger charge is -2.23. The number of rotatable bonds is 7. The molecule has 2 aliphatic heterocycles. The van der Waals surface area contributed by atoms with E-state index >= 15 is 0 Å². The zero-order valence-electron chi connectivity index (χ0n) is 18.3. The number of methoxy groups -OCH3 is 2. The summed E-state index contributed by atoms with van der Waals surface area (Å²) in [4.78, 5) is 15.0. The largest absolute Gasteiger partial charge is 0.493 e. The van der Waals surface area contributed by atoms with Crippen LogP contribution in [0.25, 0.3) is 5.57 Å². The maximum atomic E-state index is 12.6. The summed E-state index contributed by atoms with van der Waals surface area (Å²) in [6, 6.07) is 12.1. The van der Waals surface area contributed by atoms with Gasteiger partial charge >= 0.3 is 0 Å². The van der Waals surface area contributed by atoms with Crippen molar-refractivity contribution < 1.29 is 14.3 Å². The van der Waals surface area contributed by atoms with Gasteiger partial charge in [0.25, 0.3) is 5.91 Å². The van der Waals surface area contributed by atoms with Gasteiger partial charge in [0.05, 0.1) is 19.9 Å². The molecular weight excluding hydrogens is 390 g/mol. The van der Waals surface area contributed by atoms with Gasteiger partial charge < -0.3 is 20.1 Å². The van der Waals surface area contributed by atoms with Gasteiger partial charge in [-0.25, -0.2) is 0 Å². The molecule has 0 bridgehead atoms. The lowest BCUT2D eigenvalue weighted by molar-refractivity contribution is -0.110. The van der Waals surface area contributed by atoms with E-state index in [-0.39, 0.29) is 11.9 Å². The number of hydrogen-bond acceptors (Lipinski definition) is 5. The third-order valence-corrected chi connectivity index (χ3v) is 5.62. The molecule has 0 aromatic heterocycles. The molecule has 6 heteroatoms. The Morgan fingerprint density at radius 3 is 2.55 bits per heavy atom. The molecule has 162 valence electrons. The number of carbonyl (C=O) groups is 1. The molecule has 0 aliphatic carbocycles. The number of hydrogen-bond donors (Lipinski definition) is 2. The van der Waals surface area contributed by atoms with E-state index in [4.69, 9.17) is 9.47 Å². The van der Waals surface area contributed by atoms with Crippen LogP contribution in [0.3, 0.4) is 0 Å². The zero-order chi connectivity index (χ0) is 21.8. The predicted octanol–water partition coefficient (Wildman–Crippen LogP) is 4.30. The van der Waals surface area contributed by atoms with Gasteiger partial charge in [0, 0.05) is 48.6 Å². The SMILES string of the molecule is COc1cc2c(cc1OC)C(=CC(C)Nc1ccc(CN3CC=CCC3)cc1)C(=O)N2. The van der Waals surface area contributed by atoms with Crippen molar-refractivity contribution in [2.75, 3.05) is 37.9 Å². The highest BCUT2D eigenvalue weighted by Gasteiger charge is 2.27. The Kier molecular flexibility index (Phi) is 6.28. The van der Waals surface area contributed by atoms with Gasteiger partial charge in [-0.15, -0.1) is 0 Å². The molecule has 0 saturated carbocycles. The highest BCUT2D eigenvalue weighted by Crippen LogP contribution is 2.40. The first-order valence-electron chi connectivity index (χ1n) is 10.6. The highest BCUT2D eigenvalue weighted by molar-refractivity contribution is 6.31. The van der Waals surface area contributed by atoms with Crippen molar-refractivity contribution in [3.05, 3.63) is 65.8 Å². The van der Waals surface area contributed by atoms with Crippen molar-refractivity contribution in [1.82, 2.24) is 4.90 Å². The lowest BCUT2D eigenvalue weighted by atomic mass is 10.0. The first-order chi connectivity index (χ1) is 15.1. The van der Waals surface area contributed by atoms with Crippen LogP contribution in [-0.2, 0) is 11.3 Å². The second-order valence-corrected chi connectivity index (χ2v) is 7.91. The van der Waals surface area contributed by atoms with Crippen molar-refractivity contribution in [3.63, 3.8) is 0 Å². The second kappa shape index (κ2) is 9.27. The number of ether oxygens (including phenoxy) is 2. The Morgan fingerprint density at radius 1 is 1.13 bits per heavy atom. The third-order valence-electron chi connectivity index (χ3n) is 5.62. The maximum Gasteiger partial charge on any atom is 0.256 e. The number of fused-ring (bicyclic) bond motifs is 1. The number of nitrogens with one attached hydrogen (secondary N) is 2. The van der Waals surface area contributed by atoms with Crippen molar-refractivity contribution in [3.8, 4) is 11.5 Å². The number of amides is 1. The summed E-state index contributed by atoms with van der Waals surface area (Å²) in [5, 5.41) is 6.37. The topological polar surface area (TPSA) is 62.8 Å². The molecule has 2 aromatic rings. The molecule has 0 saturated heterocycles. The van der Waals surface area contributed by atoms with Gasteiger partial charge in [0.2, 0.25) is 0 Å². The van der Waals surface area contributed by atoms with Crippen molar-refractivity contribution in [1.29, 1.82) is 0 Å². The summed E-state index contributed by atoms with van der Waals surface area (Å²) in [5.74, 6) is 1.07. The van der Waals surface area contributed by atoms with Crippen LogP contribution in [0.5, 0.6) is 11.5 Å². The Labute approximate surface area is 183 Å². The third kappa shape index (κ3) is 4.75. The quantitative estimate of drug-likeness (QED) is 0.518. The summed E-state index contributed by atoms with van der Waals surface area (Å²) in [6.07, 6.45) is 7.55. The first kappa shape index (κ1) is 21.0. The molecule has 1 atom stereocenters. The van der Waals surface area contributed by atoms with Gasteiger partial charge in [-0.3, -0.25) is 9.69 Å². The fraction of sp³-hybridized carbons (Fsp3) is 0.320. The van der Waals surface area contributed by atoms with Crippen LogP contribution in [0, 0.1) is 0 Å². The first-order valence-corrected chi connectivity index (χ1v) is 10.6. The molecule has 31 heavy (non-hydrogen) atoms. The van der Waals surface area contributed by atoms with Gasteiger partial charge in [0.1, 0.15) is 0 Å². The van der Waals surface area contributed by atoms with E-state index in [9.17, 15) is 4.79 Å². The number of anilines is 2. The average molecular weight is 420 g/mol. The average Bonchev–Trinajstić information content (AvgIpc) is 3.08. The van der Waals surface area contributed by atoms with E-state index in [1.807, 2.05) is 19.1 Å². The monoisotopic (exact) mass is 419 g/mol. The van der Waals surface area contributed by atoms with Crippen LogP contribution in [0.4, 0.5) is 11.4 Å². The molecule has 6 nitrogen and oxygen atoms in total. The summed E-state index contributed by atoms with van der Waals surface area (Å²) in [6.45, 7) is 5.13. The molecule has 1 unspecified atom stereocenters. The van der Waals surface area contributed by atoms with Crippen LogP contribution in [0.1, 0.15) is 24.5 Å².